The summed E-state index contributed by atoms with van der Waals surface area (Å²) in [5.74, 6) is -0.370. The Balaban J connectivity index is 0.00000300. The summed E-state index contributed by atoms with van der Waals surface area (Å²) in [4.78, 5) is 12.2. The van der Waals surface area contributed by atoms with E-state index in [9.17, 15) is 13.4 Å². The standard InChI is InChI=1S/C22H25FN2O2S.H2O/c1-5-19(24-28(27)22-15(3)8-14(2)9-16(22)4)12-25-11-17(13-26)20-10-18(23)6-7-21(20)25;/h6-11,13,19,24H,5,12H2,1-4H3;1H2/t19-,28?;/m0./s1. The van der Waals surface area contributed by atoms with Crippen molar-refractivity contribution >= 4 is 28.2 Å². The van der Waals surface area contributed by atoms with Crippen molar-refractivity contribution in [2.24, 2.45) is 0 Å². The van der Waals surface area contributed by atoms with Crippen molar-refractivity contribution in [3.05, 3.63) is 64.6 Å². The molecule has 156 valence electrons. The highest BCUT2D eigenvalue weighted by atomic mass is 32.2. The molecule has 0 saturated carbocycles. The third-order valence-electron chi connectivity index (χ3n) is 4.97. The van der Waals surface area contributed by atoms with E-state index in [0.717, 1.165) is 39.8 Å². The lowest BCUT2D eigenvalue weighted by molar-refractivity contribution is 0.112. The molecule has 1 heterocycles. The molecule has 0 radical (unpaired) electrons. The number of rotatable bonds is 7. The predicted molar refractivity (Wildman–Crippen MR) is 115 cm³/mol. The van der Waals surface area contributed by atoms with Gasteiger partial charge in [-0.1, -0.05) is 24.6 Å². The topological polar surface area (TPSA) is 82.6 Å². The quantitative estimate of drug-likeness (QED) is 0.592. The highest BCUT2D eigenvalue weighted by Crippen LogP contribution is 2.23. The SMILES string of the molecule is CC[C@@H](Cn1cc(C=O)c2cc(F)ccc21)NS(=O)c1c(C)cc(C)cc1C.O. The number of aromatic nitrogens is 1. The number of halogens is 1. The molecule has 1 unspecified atom stereocenters. The number of nitrogens with zero attached hydrogens (tertiary/aromatic N) is 1. The fraction of sp³-hybridized carbons (Fsp3) is 0.318. The van der Waals surface area contributed by atoms with Gasteiger partial charge in [0, 0.05) is 35.2 Å². The van der Waals surface area contributed by atoms with Crippen LogP contribution >= 0.6 is 0 Å². The molecular weight excluding hydrogens is 391 g/mol. The van der Waals surface area contributed by atoms with Crippen LogP contribution in [0.4, 0.5) is 4.39 Å². The summed E-state index contributed by atoms with van der Waals surface area (Å²) < 4.78 is 31.7. The highest BCUT2D eigenvalue weighted by molar-refractivity contribution is 7.83. The van der Waals surface area contributed by atoms with Gasteiger partial charge in [-0.15, -0.1) is 0 Å². The number of aldehydes is 1. The second kappa shape index (κ2) is 9.43. The zero-order chi connectivity index (χ0) is 20.4. The molecule has 0 aliphatic rings. The van der Waals surface area contributed by atoms with Gasteiger partial charge in [0.25, 0.3) is 0 Å². The molecule has 7 heteroatoms. The third-order valence-corrected chi connectivity index (χ3v) is 6.54. The molecule has 3 aromatic rings. The van der Waals surface area contributed by atoms with Crippen LogP contribution in [0.2, 0.25) is 0 Å². The van der Waals surface area contributed by atoms with Crippen LogP contribution in [0.3, 0.4) is 0 Å². The van der Waals surface area contributed by atoms with Crippen molar-refractivity contribution in [2.75, 3.05) is 0 Å². The number of carbonyl (C=O) groups is 1. The molecule has 3 rings (SSSR count). The summed E-state index contributed by atoms with van der Waals surface area (Å²) in [6.07, 6.45) is 3.23. The molecule has 0 spiro atoms. The number of hydrogen-bond donors (Lipinski definition) is 1. The predicted octanol–water partition coefficient (Wildman–Crippen LogP) is 3.78. The number of fused-ring (bicyclic) bond motifs is 1. The first-order chi connectivity index (χ1) is 13.3. The van der Waals surface area contributed by atoms with E-state index in [1.807, 2.05) is 44.4 Å². The van der Waals surface area contributed by atoms with E-state index in [4.69, 9.17) is 0 Å². The van der Waals surface area contributed by atoms with E-state index < -0.39 is 11.0 Å². The van der Waals surface area contributed by atoms with Crippen molar-refractivity contribution in [1.29, 1.82) is 0 Å². The molecule has 0 saturated heterocycles. The monoisotopic (exact) mass is 418 g/mol. The van der Waals surface area contributed by atoms with E-state index in [2.05, 4.69) is 4.72 Å². The minimum absolute atomic E-state index is 0. The largest absolute Gasteiger partial charge is 0.412 e. The van der Waals surface area contributed by atoms with Gasteiger partial charge < -0.3 is 10.0 Å². The lowest BCUT2D eigenvalue weighted by Crippen LogP contribution is -2.34. The fourth-order valence-corrected chi connectivity index (χ4v) is 5.06. The average Bonchev–Trinajstić information content (AvgIpc) is 2.96. The van der Waals surface area contributed by atoms with E-state index in [-0.39, 0.29) is 17.3 Å². The van der Waals surface area contributed by atoms with Crippen LogP contribution in [0.15, 0.2) is 41.4 Å². The molecule has 0 fully saturated rings. The number of nitrogens with one attached hydrogen (secondary N) is 1. The van der Waals surface area contributed by atoms with Crippen molar-refractivity contribution in [3.63, 3.8) is 0 Å². The number of hydrogen-bond acceptors (Lipinski definition) is 2. The minimum Gasteiger partial charge on any atom is -0.412 e. The number of aryl methyl sites for hydroxylation is 3. The van der Waals surface area contributed by atoms with Gasteiger partial charge in [0.2, 0.25) is 0 Å². The lowest BCUT2D eigenvalue weighted by atomic mass is 10.1. The summed E-state index contributed by atoms with van der Waals surface area (Å²) in [6, 6.07) is 8.44. The molecule has 0 amide bonds. The summed E-state index contributed by atoms with van der Waals surface area (Å²) in [7, 11) is -1.34. The fourth-order valence-electron chi connectivity index (χ4n) is 3.70. The van der Waals surface area contributed by atoms with Gasteiger partial charge in [0.1, 0.15) is 16.8 Å². The van der Waals surface area contributed by atoms with Gasteiger partial charge in [-0.3, -0.25) is 4.79 Å². The Bertz CT molecular complexity index is 1040. The van der Waals surface area contributed by atoms with Crippen LogP contribution in [-0.2, 0) is 17.5 Å². The number of carbonyl (C=O) groups excluding carboxylic acids is 1. The molecule has 0 aliphatic heterocycles. The Morgan fingerprint density at radius 1 is 1.17 bits per heavy atom. The summed E-state index contributed by atoms with van der Waals surface area (Å²) in [6.45, 7) is 8.53. The Labute approximate surface area is 172 Å². The van der Waals surface area contributed by atoms with E-state index in [0.29, 0.717) is 17.5 Å². The van der Waals surface area contributed by atoms with Gasteiger partial charge in [0.05, 0.1) is 4.90 Å². The molecule has 0 bridgehead atoms. The van der Waals surface area contributed by atoms with Crippen molar-refractivity contribution < 1.29 is 18.9 Å². The van der Waals surface area contributed by atoms with Gasteiger partial charge in [-0.25, -0.2) is 13.3 Å². The van der Waals surface area contributed by atoms with Crippen molar-refractivity contribution in [1.82, 2.24) is 9.29 Å². The summed E-state index contributed by atoms with van der Waals surface area (Å²) in [5, 5.41) is 0.594. The molecule has 2 atom stereocenters. The normalized spacial score (nSPS) is 13.1. The zero-order valence-electron chi connectivity index (χ0n) is 17.1. The van der Waals surface area contributed by atoms with Gasteiger partial charge in [-0.2, -0.15) is 0 Å². The molecular formula is C22H27FN2O3S. The first-order valence-corrected chi connectivity index (χ1v) is 10.5. The summed E-state index contributed by atoms with van der Waals surface area (Å²) in [5.41, 5.74) is 4.40. The van der Waals surface area contributed by atoms with Crippen LogP contribution in [-0.4, -0.2) is 26.6 Å². The molecule has 5 nitrogen and oxygen atoms in total. The van der Waals surface area contributed by atoms with Crippen LogP contribution in [0.1, 0.15) is 40.4 Å². The first kappa shape index (κ1) is 22.9. The maximum atomic E-state index is 13.6. The highest BCUT2D eigenvalue weighted by Gasteiger charge is 2.18. The minimum atomic E-state index is -1.34. The molecule has 3 N–H and O–H groups in total. The van der Waals surface area contributed by atoms with Gasteiger partial charge in [-0.05, 0) is 56.5 Å². The van der Waals surface area contributed by atoms with E-state index in [1.165, 1.54) is 12.1 Å². The average molecular weight is 419 g/mol. The first-order valence-electron chi connectivity index (χ1n) is 9.33. The second-order valence-electron chi connectivity index (χ2n) is 7.24. The van der Waals surface area contributed by atoms with Crippen LogP contribution in [0, 0.1) is 26.6 Å². The molecule has 1 aromatic heterocycles. The van der Waals surface area contributed by atoms with Gasteiger partial charge >= 0.3 is 0 Å². The van der Waals surface area contributed by atoms with Crippen LogP contribution in [0.5, 0.6) is 0 Å². The maximum Gasteiger partial charge on any atom is 0.152 e. The van der Waals surface area contributed by atoms with Gasteiger partial charge in [0.15, 0.2) is 6.29 Å². The Morgan fingerprint density at radius 3 is 2.41 bits per heavy atom. The Morgan fingerprint density at radius 2 is 1.83 bits per heavy atom. The Kier molecular flexibility index (Phi) is 7.46. The number of benzene rings is 2. The third kappa shape index (κ3) is 4.80. The molecule has 29 heavy (non-hydrogen) atoms. The Hall–Kier alpha value is -2.35. The van der Waals surface area contributed by atoms with E-state index >= 15 is 0 Å². The van der Waals surface area contributed by atoms with Crippen molar-refractivity contribution in [2.45, 2.75) is 51.6 Å². The lowest BCUT2D eigenvalue weighted by Gasteiger charge is -2.20. The second-order valence-corrected chi connectivity index (χ2v) is 8.42. The van der Waals surface area contributed by atoms with Crippen LogP contribution in [0.25, 0.3) is 10.9 Å². The maximum absolute atomic E-state index is 13.6. The molecule has 2 aromatic carbocycles. The zero-order valence-corrected chi connectivity index (χ0v) is 17.9. The van der Waals surface area contributed by atoms with Crippen LogP contribution < -0.4 is 4.72 Å². The smallest absolute Gasteiger partial charge is 0.152 e. The summed E-state index contributed by atoms with van der Waals surface area (Å²) >= 11 is 0. The van der Waals surface area contributed by atoms with Crippen molar-refractivity contribution in [3.8, 4) is 0 Å². The van der Waals surface area contributed by atoms with E-state index in [1.54, 1.807) is 12.3 Å². The molecule has 0 aliphatic carbocycles.